The van der Waals surface area contributed by atoms with E-state index < -0.39 is 24.6 Å². The Labute approximate surface area is 137 Å². The van der Waals surface area contributed by atoms with Crippen LogP contribution in [-0.2, 0) is 10.5 Å². The molecule has 128 valence electrons. The summed E-state index contributed by atoms with van der Waals surface area (Å²) in [4.78, 5) is 13.5. The second-order valence-corrected chi connectivity index (χ2v) is 6.88. The molecule has 0 spiro atoms. The number of carbonyl (C=O) groups is 1. The molecule has 1 aromatic rings. The number of carbonyl (C=O) groups excluding carboxylic acids is 1. The molecule has 0 unspecified atom stereocenters. The summed E-state index contributed by atoms with van der Waals surface area (Å²) < 4.78 is 38.2. The Morgan fingerprint density at radius 3 is 2.57 bits per heavy atom. The Morgan fingerprint density at radius 2 is 2.00 bits per heavy atom. The quantitative estimate of drug-likeness (QED) is 0.910. The van der Waals surface area contributed by atoms with E-state index in [-0.39, 0.29) is 24.7 Å². The lowest BCUT2D eigenvalue weighted by Crippen LogP contribution is -2.54. The minimum absolute atomic E-state index is 0.0557. The Bertz CT molecular complexity index is 555. The van der Waals surface area contributed by atoms with Crippen molar-refractivity contribution in [1.29, 1.82) is 0 Å². The van der Waals surface area contributed by atoms with E-state index in [1.54, 1.807) is 0 Å². The number of thioether (sulfide) groups is 1. The Hall–Kier alpha value is -1.21. The molecule has 1 aliphatic heterocycles. The number of piperidine rings is 1. The standard InChI is InChI=1S/C16H20F3NO2S/c1-12-3-2-4-13(9-12)10-23-11-14(21)20-7-5-15(22,6-8-20)16(17,18)19/h2-4,9,22H,5-8,10-11H2,1H3. The molecule has 1 amide bonds. The molecule has 1 saturated heterocycles. The van der Waals surface area contributed by atoms with Gasteiger partial charge in [-0.25, -0.2) is 0 Å². The largest absolute Gasteiger partial charge is 0.417 e. The first-order valence-electron chi connectivity index (χ1n) is 7.41. The first-order valence-corrected chi connectivity index (χ1v) is 8.57. The van der Waals surface area contributed by atoms with Crippen molar-refractivity contribution in [2.24, 2.45) is 0 Å². The van der Waals surface area contributed by atoms with Crippen LogP contribution in [-0.4, -0.2) is 46.5 Å². The number of alkyl halides is 3. The van der Waals surface area contributed by atoms with Crippen molar-refractivity contribution in [2.75, 3.05) is 18.8 Å². The van der Waals surface area contributed by atoms with Gasteiger partial charge in [-0.1, -0.05) is 29.8 Å². The first-order chi connectivity index (χ1) is 10.7. The lowest BCUT2D eigenvalue weighted by atomic mass is 9.91. The normalized spacial score (nSPS) is 18.0. The fourth-order valence-corrected chi connectivity index (χ4v) is 3.43. The molecule has 0 bridgehead atoms. The summed E-state index contributed by atoms with van der Waals surface area (Å²) in [6.07, 6.45) is -5.54. The summed E-state index contributed by atoms with van der Waals surface area (Å²) in [5, 5.41) is 9.59. The van der Waals surface area contributed by atoms with E-state index in [1.807, 2.05) is 31.2 Å². The monoisotopic (exact) mass is 347 g/mol. The first kappa shape index (κ1) is 18.1. The van der Waals surface area contributed by atoms with Crippen molar-refractivity contribution in [2.45, 2.75) is 37.3 Å². The Balaban J connectivity index is 1.77. The zero-order valence-electron chi connectivity index (χ0n) is 12.9. The van der Waals surface area contributed by atoms with Crippen LogP contribution in [0.5, 0.6) is 0 Å². The van der Waals surface area contributed by atoms with E-state index in [9.17, 15) is 23.1 Å². The topological polar surface area (TPSA) is 40.5 Å². The maximum Gasteiger partial charge on any atom is 0.417 e. The van der Waals surface area contributed by atoms with Gasteiger partial charge >= 0.3 is 6.18 Å². The van der Waals surface area contributed by atoms with Crippen molar-refractivity contribution in [3.8, 4) is 0 Å². The average molecular weight is 347 g/mol. The molecule has 2 rings (SSSR count). The molecule has 0 saturated carbocycles. The highest BCUT2D eigenvalue weighted by atomic mass is 32.2. The number of hydrogen-bond donors (Lipinski definition) is 1. The van der Waals surface area contributed by atoms with Crippen LogP contribution in [0.2, 0.25) is 0 Å². The van der Waals surface area contributed by atoms with Crippen LogP contribution < -0.4 is 0 Å². The maximum absolute atomic E-state index is 12.7. The third kappa shape index (κ3) is 4.64. The van der Waals surface area contributed by atoms with Crippen LogP contribution in [0.1, 0.15) is 24.0 Å². The van der Waals surface area contributed by atoms with Gasteiger partial charge in [0.25, 0.3) is 0 Å². The van der Waals surface area contributed by atoms with Crippen molar-refractivity contribution in [3.05, 3.63) is 35.4 Å². The number of aliphatic hydroxyl groups is 1. The number of benzene rings is 1. The fourth-order valence-electron chi connectivity index (χ4n) is 2.56. The molecule has 0 atom stereocenters. The predicted octanol–water partition coefficient (Wildman–Crippen LogP) is 3.14. The van der Waals surface area contributed by atoms with Gasteiger partial charge in [-0.05, 0) is 12.5 Å². The molecule has 1 aliphatic rings. The van der Waals surface area contributed by atoms with Gasteiger partial charge in [0.1, 0.15) is 0 Å². The summed E-state index contributed by atoms with van der Waals surface area (Å²) >= 11 is 1.45. The molecule has 0 aromatic heterocycles. The zero-order valence-corrected chi connectivity index (χ0v) is 13.7. The number of amides is 1. The smallest absolute Gasteiger partial charge is 0.380 e. The third-order valence-electron chi connectivity index (χ3n) is 4.05. The molecule has 1 fully saturated rings. The van der Waals surface area contributed by atoms with Crippen LogP contribution >= 0.6 is 11.8 Å². The molecular formula is C16H20F3NO2S. The fraction of sp³-hybridized carbons (Fsp3) is 0.562. The lowest BCUT2D eigenvalue weighted by molar-refractivity contribution is -0.272. The van der Waals surface area contributed by atoms with Crippen molar-refractivity contribution >= 4 is 17.7 Å². The molecule has 23 heavy (non-hydrogen) atoms. The van der Waals surface area contributed by atoms with Gasteiger partial charge in [0.05, 0.1) is 5.75 Å². The predicted molar refractivity (Wildman–Crippen MR) is 84.2 cm³/mol. The van der Waals surface area contributed by atoms with Crippen LogP contribution in [0, 0.1) is 6.92 Å². The molecule has 3 nitrogen and oxygen atoms in total. The number of halogens is 3. The molecule has 1 N–H and O–H groups in total. The van der Waals surface area contributed by atoms with Gasteiger partial charge in [-0.15, -0.1) is 11.8 Å². The molecule has 7 heteroatoms. The van der Waals surface area contributed by atoms with Gasteiger partial charge in [-0.3, -0.25) is 4.79 Å². The van der Waals surface area contributed by atoms with E-state index in [1.165, 1.54) is 16.7 Å². The second kappa shape index (κ2) is 7.13. The minimum atomic E-state index is -4.64. The Kier molecular flexibility index (Phi) is 5.62. The number of likely N-dealkylation sites (tertiary alicyclic amines) is 1. The van der Waals surface area contributed by atoms with E-state index in [2.05, 4.69) is 0 Å². The van der Waals surface area contributed by atoms with Gasteiger partial charge in [0.15, 0.2) is 5.60 Å². The summed E-state index contributed by atoms with van der Waals surface area (Å²) in [6, 6.07) is 7.97. The highest BCUT2D eigenvalue weighted by molar-refractivity contribution is 7.99. The van der Waals surface area contributed by atoms with Gasteiger partial charge in [0, 0.05) is 31.7 Å². The van der Waals surface area contributed by atoms with Crippen molar-refractivity contribution < 1.29 is 23.1 Å². The zero-order chi connectivity index (χ0) is 17.1. The van der Waals surface area contributed by atoms with Gasteiger partial charge < -0.3 is 10.0 Å². The highest BCUT2D eigenvalue weighted by Gasteiger charge is 2.54. The second-order valence-electron chi connectivity index (χ2n) is 5.89. The molecule has 0 radical (unpaired) electrons. The van der Waals surface area contributed by atoms with Crippen LogP contribution in [0.4, 0.5) is 13.2 Å². The average Bonchev–Trinajstić information content (AvgIpc) is 2.47. The van der Waals surface area contributed by atoms with Gasteiger partial charge in [-0.2, -0.15) is 13.2 Å². The molecule has 1 heterocycles. The van der Waals surface area contributed by atoms with E-state index in [4.69, 9.17) is 0 Å². The van der Waals surface area contributed by atoms with Crippen molar-refractivity contribution in [1.82, 2.24) is 4.90 Å². The van der Waals surface area contributed by atoms with Crippen LogP contribution in [0.15, 0.2) is 24.3 Å². The summed E-state index contributed by atoms with van der Waals surface area (Å²) in [7, 11) is 0. The molecule has 0 aliphatic carbocycles. The third-order valence-corrected chi connectivity index (χ3v) is 5.04. The number of aryl methyl sites for hydroxylation is 1. The van der Waals surface area contributed by atoms with E-state index in [0.717, 1.165) is 11.1 Å². The Morgan fingerprint density at radius 1 is 1.35 bits per heavy atom. The molecular weight excluding hydrogens is 327 g/mol. The summed E-state index contributed by atoms with van der Waals surface area (Å²) in [6.45, 7) is 1.88. The molecule has 1 aromatic carbocycles. The maximum atomic E-state index is 12.7. The van der Waals surface area contributed by atoms with Crippen LogP contribution in [0.3, 0.4) is 0 Å². The number of rotatable bonds is 4. The van der Waals surface area contributed by atoms with E-state index >= 15 is 0 Å². The minimum Gasteiger partial charge on any atom is -0.380 e. The summed E-state index contributed by atoms with van der Waals surface area (Å²) in [5.41, 5.74) is -0.386. The lowest BCUT2D eigenvalue weighted by Gasteiger charge is -2.39. The van der Waals surface area contributed by atoms with Crippen molar-refractivity contribution in [3.63, 3.8) is 0 Å². The van der Waals surface area contributed by atoms with Gasteiger partial charge in [0.2, 0.25) is 5.91 Å². The number of hydrogen-bond acceptors (Lipinski definition) is 3. The highest BCUT2D eigenvalue weighted by Crippen LogP contribution is 2.38. The van der Waals surface area contributed by atoms with Crippen LogP contribution in [0.25, 0.3) is 0 Å². The SMILES string of the molecule is Cc1cccc(CSCC(=O)N2CCC(O)(C(F)(F)F)CC2)c1. The number of nitrogens with zero attached hydrogens (tertiary/aromatic N) is 1. The van der Waals surface area contributed by atoms with E-state index in [0.29, 0.717) is 5.75 Å². The summed E-state index contributed by atoms with van der Waals surface area (Å²) in [5.74, 6) is 0.749.